The van der Waals surface area contributed by atoms with Gasteiger partial charge in [-0.05, 0) is 56.2 Å². The van der Waals surface area contributed by atoms with Crippen LogP contribution in [0.4, 0.5) is 0 Å². The fraction of sp³-hybridized carbons (Fsp3) is 0.292. The molecule has 1 N–H and O–H groups in total. The number of thiazole rings is 1. The molecule has 1 aliphatic heterocycles. The number of ether oxygens (including phenoxy) is 1. The summed E-state index contributed by atoms with van der Waals surface area (Å²) in [6.45, 7) is 3.36. The molecule has 0 aliphatic carbocycles. The van der Waals surface area contributed by atoms with Crippen molar-refractivity contribution in [3.63, 3.8) is 0 Å². The first-order valence-electron chi connectivity index (χ1n) is 10.5. The van der Waals surface area contributed by atoms with Crippen molar-refractivity contribution >= 4 is 34.8 Å². The van der Waals surface area contributed by atoms with Crippen LogP contribution in [0.1, 0.15) is 43.6 Å². The van der Waals surface area contributed by atoms with Crippen LogP contribution in [-0.2, 0) is 6.61 Å². The third kappa shape index (κ3) is 5.47. The summed E-state index contributed by atoms with van der Waals surface area (Å²) in [7, 11) is 0. The number of hydrogen-bond acceptors (Lipinski definition) is 5. The van der Waals surface area contributed by atoms with Crippen LogP contribution in [0.3, 0.4) is 0 Å². The second-order valence-corrected chi connectivity index (χ2v) is 9.19. The van der Waals surface area contributed by atoms with Crippen molar-refractivity contribution in [2.24, 2.45) is 0 Å². The van der Waals surface area contributed by atoms with Crippen molar-refractivity contribution in [1.82, 2.24) is 15.2 Å². The summed E-state index contributed by atoms with van der Waals surface area (Å²) < 4.78 is 5.75. The standard InChI is InChI=1S/C24H24ClN3O3S/c1-16-22(32-21(26-16)15-31-20-9-7-18(25)8-10-20)24(30)28-13-11-19(12-14-28)27-23(29)17-5-3-2-4-6-17/h2-10,19H,11-15H2,1H3,(H,27,29). The lowest BCUT2D eigenvalue weighted by Gasteiger charge is -2.32. The molecule has 0 bridgehead atoms. The van der Waals surface area contributed by atoms with Crippen LogP contribution >= 0.6 is 22.9 Å². The minimum atomic E-state index is -0.0704. The molecular weight excluding hydrogens is 446 g/mol. The monoisotopic (exact) mass is 469 g/mol. The highest BCUT2D eigenvalue weighted by Gasteiger charge is 2.27. The number of carbonyl (C=O) groups is 2. The topological polar surface area (TPSA) is 71.5 Å². The molecule has 1 aliphatic rings. The van der Waals surface area contributed by atoms with E-state index in [1.54, 1.807) is 36.4 Å². The fourth-order valence-electron chi connectivity index (χ4n) is 3.62. The fourth-order valence-corrected chi connectivity index (χ4v) is 4.69. The van der Waals surface area contributed by atoms with E-state index in [1.165, 1.54) is 11.3 Å². The minimum Gasteiger partial charge on any atom is -0.486 e. The highest BCUT2D eigenvalue weighted by molar-refractivity contribution is 7.13. The van der Waals surface area contributed by atoms with Crippen LogP contribution in [-0.4, -0.2) is 40.8 Å². The Morgan fingerprint density at radius 1 is 1.12 bits per heavy atom. The van der Waals surface area contributed by atoms with E-state index in [9.17, 15) is 9.59 Å². The lowest BCUT2D eigenvalue weighted by Crippen LogP contribution is -2.46. The zero-order valence-corrected chi connectivity index (χ0v) is 19.3. The van der Waals surface area contributed by atoms with Gasteiger partial charge >= 0.3 is 0 Å². The smallest absolute Gasteiger partial charge is 0.265 e. The average Bonchev–Trinajstić information content (AvgIpc) is 3.19. The van der Waals surface area contributed by atoms with Crippen LogP contribution in [0.5, 0.6) is 5.75 Å². The zero-order chi connectivity index (χ0) is 22.5. The van der Waals surface area contributed by atoms with Crippen LogP contribution in [0, 0.1) is 6.92 Å². The van der Waals surface area contributed by atoms with Gasteiger partial charge in [0.15, 0.2) is 0 Å². The van der Waals surface area contributed by atoms with Gasteiger partial charge in [0, 0.05) is 29.7 Å². The number of aryl methyl sites for hydroxylation is 1. The molecular formula is C24H24ClN3O3S. The van der Waals surface area contributed by atoms with Gasteiger partial charge < -0.3 is 15.0 Å². The third-order valence-electron chi connectivity index (χ3n) is 5.36. The van der Waals surface area contributed by atoms with Gasteiger partial charge in [-0.15, -0.1) is 11.3 Å². The Kier molecular flexibility index (Phi) is 7.07. The van der Waals surface area contributed by atoms with Crippen molar-refractivity contribution in [3.8, 4) is 5.75 Å². The van der Waals surface area contributed by atoms with Crippen LogP contribution in [0.25, 0.3) is 0 Å². The molecule has 6 nitrogen and oxygen atoms in total. The maximum Gasteiger partial charge on any atom is 0.265 e. The van der Waals surface area contributed by atoms with E-state index >= 15 is 0 Å². The first kappa shape index (κ1) is 22.3. The number of carbonyl (C=O) groups excluding carboxylic acids is 2. The average molecular weight is 470 g/mol. The van der Waals surface area contributed by atoms with Crippen molar-refractivity contribution in [1.29, 1.82) is 0 Å². The van der Waals surface area contributed by atoms with Crippen molar-refractivity contribution in [2.45, 2.75) is 32.4 Å². The Balaban J connectivity index is 1.30. The van der Waals surface area contributed by atoms with Gasteiger partial charge in [-0.2, -0.15) is 0 Å². The largest absolute Gasteiger partial charge is 0.486 e. The van der Waals surface area contributed by atoms with E-state index in [1.807, 2.05) is 30.0 Å². The number of amides is 2. The maximum atomic E-state index is 13.0. The molecule has 1 saturated heterocycles. The second-order valence-electron chi connectivity index (χ2n) is 7.67. The first-order valence-corrected chi connectivity index (χ1v) is 11.7. The van der Waals surface area contributed by atoms with E-state index in [-0.39, 0.29) is 17.9 Å². The molecule has 8 heteroatoms. The lowest BCUT2D eigenvalue weighted by molar-refractivity contribution is 0.0702. The summed E-state index contributed by atoms with van der Waals surface area (Å²) in [6, 6.07) is 16.4. The van der Waals surface area contributed by atoms with Gasteiger partial charge in [-0.3, -0.25) is 9.59 Å². The Labute approximate surface area is 196 Å². The number of halogens is 1. The summed E-state index contributed by atoms with van der Waals surface area (Å²) in [5.74, 6) is 0.624. The number of likely N-dealkylation sites (tertiary alicyclic amines) is 1. The van der Waals surface area contributed by atoms with Gasteiger partial charge in [0.25, 0.3) is 11.8 Å². The second kappa shape index (κ2) is 10.1. The summed E-state index contributed by atoms with van der Waals surface area (Å²) in [4.78, 5) is 32.4. The van der Waals surface area contributed by atoms with Gasteiger partial charge in [0.1, 0.15) is 22.2 Å². The van der Waals surface area contributed by atoms with Gasteiger partial charge in [0.2, 0.25) is 0 Å². The van der Waals surface area contributed by atoms with Crippen LogP contribution in [0.2, 0.25) is 5.02 Å². The number of piperidine rings is 1. The summed E-state index contributed by atoms with van der Waals surface area (Å²) in [5.41, 5.74) is 1.37. The molecule has 0 unspecified atom stereocenters. The predicted octanol–water partition coefficient (Wildman–Crippen LogP) is 4.72. The molecule has 32 heavy (non-hydrogen) atoms. The minimum absolute atomic E-state index is 0.00872. The molecule has 166 valence electrons. The molecule has 1 aromatic heterocycles. The Morgan fingerprint density at radius 2 is 1.81 bits per heavy atom. The number of benzene rings is 2. The Morgan fingerprint density at radius 3 is 2.50 bits per heavy atom. The highest BCUT2D eigenvalue weighted by atomic mass is 35.5. The lowest BCUT2D eigenvalue weighted by atomic mass is 10.0. The van der Waals surface area contributed by atoms with E-state index in [0.29, 0.717) is 46.6 Å². The number of nitrogens with zero attached hydrogens (tertiary/aromatic N) is 2. The quantitative estimate of drug-likeness (QED) is 0.567. The third-order valence-corrected chi connectivity index (χ3v) is 6.74. The molecule has 0 saturated carbocycles. The molecule has 2 amide bonds. The predicted molar refractivity (Wildman–Crippen MR) is 125 cm³/mol. The molecule has 2 aromatic carbocycles. The maximum absolute atomic E-state index is 13.0. The SMILES string of the molecule is Cc1nc(COc2ccc(Cl)cc2)sc1C(=O)N1CCC(NC(=O)c2ccccc2)CC1. The molecule has 0 atom stereocenters. The summed E-state index contributed by atoms with van der Waals surface area (Å²) in [5, 5.41) is 4.48. The van der Waals surface area contributed by atoms with Crippen molar-refractivity contribution < 1.29 is 14.3 Å². The molecule has 1 fully saturated rings. The number of hydrogen-bond donors (Lipinski definition) is 1. The van der Waals surface area contributed by atoms with Crippen LogP contribution < -0.4 is 10.1 Å². The van der Waals surface area contributed by atoms with E-state index < -0.39 is 0 Å². The van der Waals surface area contributed by atoms with Gasteiger partial charge in [-0.1, -0.05) is 29.8 Å². The number of rotatable bonds is 6. The highest BCUT2D eigenvalue weighted by Crippen LogP contribution is 2.24. The molecule has 0 radical (unpaired) electrons. The number of nitrogens with one attached hydrogen (secondary N) is 1. The molecule has 4 rings (SSSR count). The van der Waals surface area contributed by atoms with E-state index in [0.717, 1.165) is 17.8 Å². The first-order chi connectivity index (χ1) is 15.5. The van der Waals surface area contributed by atoms with E-state index in [2.05, 4.69) is 10.3 Å². The molecule has 3 aromatic rings. The van der Waals surface area contributed by atoms with Gasteiger partial charge in [0.05, 0.1) is 5.69 Å². The van der Waals surface area contributed by atoms with Crippen molar-refractivity contribution in [2.75, 3.05) is 13.1 Å². The normalized spacial score (nSPS) is 14.2. The molecule has 2 heterocycles. The van der Waals surface area contributed by atoms with Crippen LogP contribution in [0.15, 0.2) is 54.6 Å². The molecule has 0 spiro atoms. The summed E-state index contributed by atoms with van der Waals surface area (Å²) >= 11 is 7.26. The van der Waals surface area contributed by atoms with Crippen molar-refractivity contribution in [3.05, 3.63) is 80.8 Å². The summed E-state index contributed by atoms with van der Waals surface area (Å²) in [6.07, 6.45) is 1.46. The zero-order valence-electron chi connectivity index (χ0n) is 17.7. The number of aromatic nitrogens is 1. The Bertz CT molecular complexity index is 1080. The van der Waals surface area contributed by atoms with E-state index in [4.69, 9.17) is 16.3 Å². The Hall–Kier alpha value is -2.90. The van der Waals surface area contributed by atoms with Gasteiger partial charge in [-0.25, -0.2) is 4.98 Å².